The van der Waals surface area contributed by atoms with Gasteiger partial charge in [-0.25, -0.2) is 9.69 Å². The topological polar surface area (TPSA) is 97.4 Å². The van der Waals surface area contributed by atoms with Crippen molar-refractivity contribution in [2.24, 2.45) is 5.41 Å². The van der Waals surface area contributed by atoms with Crippen LogP contribution in [0.15, 0.2) is 30.3 Å². The first-order valence-corrected chi connectivity index (χ1v) is 10.1. The van der Waals surface area contributed by atoms with Crippen molar-refractivity contribution in [1.29, 1.82) is 0 Å². The Bertz CT molecular complexity index is 1110. The van der Waals surface area contributed by atoms with E-state index in [1.165, 1.54) is 33.5 Å². The fourth-order valence-electron chi connectivity index (χ4n) is 4.50. The Hall–Kier alpha value is -3.75. The third kappa shape index (κ3) is 3.12. The fourth-order valence-corrected chi connectivity index (χ4v) is 4.50. The van der Waals surface area contributed by atoms with Crippen LogP contribution in [0.1, 0.15) is 11.1 Å². The number of imide groups is 2. The summed E-state index contributed by atoms with van der Waals surface area (Å²) >= 11 is 0. The smallest absolute Gasteiger partial charge is 0.335 e. The number of nitrogens with one attached hydrogen (secondary N) is 1. The van der Waals surface area contributed by atoms with E-state index in [1.807, 2.05) is 37.1 Å². The van der Waals surface area contributed by atoms with Gasteiger partial charge in [0, 0.05) is 31.4 Å². The molecule has 2 aliphatic rings. The van der Waals surface area contributed by atoms with E-state index in [4.69, 9.17) is 14.2 Å². The van der Waals surface area contributed by atoms with Crippen LogP contribution in [0.25, 0.3) is 0 Å². The minimum absolute atomic E-state index is 0.141. The van der Waals surface area contributed by atoms with Gasteiger partial charge in [-0.3, -0.25) is 14.9 Å². The normalized spacial score (nSPS) is 20.2. The predicted molar refractivity (Wildman–Crippen MR) is 118 cm³/mol. The lowest BCUT2D eigenvalue weighted by Crippen LogP contribution is -2.68. The Morgan fingerprint density at radius 2 is 1.62 bits per heavy atom. The summed E-state index contributed by atoms with van der Waals surface area (Å²) in [6.07, 6.45) is 0.188. The molecule has 1 saturated heterocycles. The lowest BCUT2D eigenvalue weighted by molar-refractivity contribution is -0.142. The highest BCUT2D eigenvalue weighted by molar-refractivity contribution is 6.30. The molecule has 0 aromatic heterocycles. The second-order valence-electron chi connectivity index (χ2n) is 8.03. The van der Waals surface area contributed by atoms with Crippen LogP contribution in [0.4, 0.5) is 16.2 Å². The van der Waals surface area contributed by atoms with Gasteiger partial charge in [0.1, 0.15) is 0 Å². The molecular formula is C23H25N3O6. The van der Waals surface area contributed by atoms with Gasteiger partial charge < -0.3 is 19.1 Å². The van der Waals surface area contributed by atoms with E-state index in [0.29, 0.717) is 5.75 Å². The Balaban J connectivity index is 1.82. The van der Waals surface area contributed by atoms with Crippen LogP contribution < -0.4 is 29.3 Å². The maximum Gasteiger partial charge on any atom is 0.335 e. The lowest BCUT2D eigenvalue weighted by atomic mass is 9.74. The van der Waals surface area contributed by atoms with Gasteiger partial charge in [-0.1, -0.05) is 17.7 Å². The standard InChI is InChI=1S/C23H25N3O6/c1-13-6-7-16-14(8-13)11-23(12-25(16)2)20(27)24-22(29)26(21(23)28)15-9-17(30-3)19(32-5)18(10-15)31-4/h6-10H,11-12H2,1-5H3,(H,24,27,29). The summed E-state index contributed by atoms with van der Waals surface area (Å²) in [7, 11) is 6.18. The van der Waals surface area contributed by atoms with Gasteiger partial charge in [-0.2, -0.15) is 0 Å². The summed E-state index contributed by atoms with van der Waals surface area (Å²) < 4.78 is 16.1. The van der Waals surface area contributed by atoms with E-state index in [1.54, 1.807) is 0 Å². The minimum atomic E-state index is -1.45. The van der Waals surface area contributed by atoms with E-state index in [-0.39, 0.29) is 30.2 Å². The zero-order valence-corrected chi connectivity index (χ0v) is 18.6. The Morgan fingerprint density at radius 3 is 2.22 bits per heavy atom. The first kappa shape index (κ1) is 21.5. The van der Waals surface area contributed by atoms with Crippen molar-refractivity contribution in [3.05, 3.63) is 41.5 Å². The van der Waals surface area contributed by atoms with Gasteiger partial charge >= 0.3 is 6.03 Å². The van der Waals surface area contributed by atoms with Crippen molar-refractivity contribution in [3.8, 4) is 17.2 Å². The highest BCUT2D eigenvalue weighted by atomic mass is 16.5. The second kappa shape index (κ2) is 7.74. The number of aryl methyl sites for hydroxylation is 1. The van der Waals surface area contributed by atoms with Crippen LogP contribution >= 0.6 is 0 Å². The molecule has 0 radical (unpaired) electrons. The van der Waals surface area contributed by atoms with Crippen LogP contribution in [0.5, 0.6) is 17.2 Å². The van der Waals surface area contributed by atoms with E-state index >= 15 is 0 Å². The molecule has 2 aromatic rings. The third-order valence-corrected chi connectivity index (χ3v) is 6.02. The van der Waals surface area contributed by atoms with Crippen molar-refractivity contribution >= 4 is 29.2 Å². The fraction of sp³-hybridized carbons (Fsp3) is 0.348. The van der Waals surface area contributed by atoms with Crippen molar-refractivity contribution in [2.45, 2.75) is 13.3 Å². The first-order valence-electron chi connectivity index (χ1n) is 10.1. The van der Waals surface area contributed by atoms with E-state index in [2.05, 4.69) is 5.32 Å². The zero-order chi connectivity index (χ0) is 23.2. The molecule has 4 amide bonds. The van der Waals surface area contributed by atoms with Crippen molar-refractivity contribution < 1.29 is 28.6 Å². The number of methoxy groups -OCH3 is 3. The number of carbonyl (C=O) groups is 3. The summed E-state index contributed by atoms with van der Waals surface area (Å²) in [5.41, 5.74) is 1.62. The number of fused-ring (bicyclic) bond motifs is 1. The van der Waals surface area contributed by atoms with Crippen LogP contribution in [0, 0.1) is 12.3 Å². The third-order valence-electron chi connectivity index (χ3n) is 6.02. The van der Waals surface area contributed by atoms with Crippen molar-refractivity contribution in [1.82, 2.24) is 5.32 Å². The quantitative estimate of drug-likeness (QED) is 0.730. The average Bonchev–Trinajstić information content (AvgIpc) is 2.76. The molecule has 32 heavy (non-hydrogen) atoms. The molecule has 1 atom stereocenters. The number of rotatable bonds is 4. The number of barbiturate groups is 1. The molecule has 0 bridgehead atoms. The number of benzene rings is 2. The number of ether oxygens (including phenoxy) is 3. The van der Waals surface area contributed by atoms with Gasteiger partial charge in [0.15, 0.2) is 16.9 Å². The first-order chi connectivity index (χ1) is 15.2. The van der Waals surface area contributed by atoms with Gasteiger partial charge in [0.05, 0.1) is 27.0 Å². The second-order valence-corrected chi connectivity index (χ2v) is 8.03. The molecule has 1 unspecified atom stereocenters. The molecule has 0 saturated carbocycles. The van der Waals surface area contributed by atoms with Gasteiger partial charge in [0.25, 0.3) is 5.91 Å². The lowest BCUT2D eigenvalue weighted by Gasteiger charge is -2.45. The summed E-state index contributed by atoms with van der Waals surface area (Å²) in [5, 5.41) is 2.38. The maximum absolute atomic E-state index is 13.8. The summed E-state index contributed by atoms with van der Waals surface area (Å²) in [5.74, 6) is -0.295. The number of nitrogens with zero attached hydrogens (tertiary/aromatic N) is 2. The number of carbonyl (C=O) groups excluding carboxylic acids is 3. The molecule has 1 fully saturated rings. The Labute approximate surface area is 185 Å². The van der Waals surface area contributed by atoms with Crippen molar-refractivity contribution in [3.63, 3.8) is 0 Å². The molecule has 1 spiro atoms. The summed E-state index contributed by atoms with van der Waals surface area (Å²) in [6, 6.07) is 8.12. The molecule has 2 aromatic carbocycles. The molecule has 0 aliphatic carbocycles. The number of hydrogen-bond donors (Lipinski definition) is 1. The van der Waals surface area contributed by atoms with Gasteiger partial charge in [0.2, 0.25) is 11.7 Å². The Morgan fingerprint density at radius 1 is 0.969 bits per heavy atom. The summed E-state index contributed by atoms with van der Waals surface area (Å²) in [4.78, 5) is 42.6. The van der Waals surface area contributed by atoms with E-state index in [9.17, 15) is 14.4 Å². The number of hydrogen-bond acceptors (Lipinski definition) is 7. The van der Waals surface area contributed by atoms with Crippen LogP contribution in [-0.4, -0.2) is 52.8 Å². The monoisotopic (exact) mass is 439 g/mol. The van der Waals surface area contributed by atoms with Crippen LogP contribution in [0.2, 0.25) is 0 Å². The number of anilines is 2. The molecule has 9 heteroatoms. The van der Waals surface area contributed by atoms with E-state index in [0.717, 1.165) is 21.7 Å². The van der Waals surface area contributed by atoms with Gasteiger partial charge in [-0.15, -0.1) is 0 Å². The molecule has 2 heterocycles. The van der Waals surface area contributed by atoms with Crippen LogP contribution in [-0.2, 0) is 16.0 Å². The molecule has 9 nitrogen and oxygen atoms in total. The van der Waals surface area contributed by atoms with E-state index < -0.39 is 23.3 Å². The highest BCUT2D eigenvalue weighted by Gasteiger charge is 2.56. The molecule has 4 rings (SSSR count). The zero-order valence-electron chi connectivity index (χ0n) is 18.6. The number of amides is 4. The number of urea groups is 1. The highest BCUT2D eigenvalue weighted by Crippen LogP contribution is 2.44. The summed E-state index contributed by atoms with van der Waals surface area (Å²) in [6.45, 7) is 2.10. The maximum atomic E-state index is 13.8. The molecule has 1 N–H and O–H groups in total. The SMILES string of the molecule is COc1cc(N2C(=O)NC(=O)C3(Cc4cc(C)ccc4N(C)C3)C2=O)cc(OC)c1OC. The predicted octanol–water partition coefficient (Wildman–Crippen LogP) is 2.28. The molecule has 168 valence electrons. The average molecular weight is 439 g/mol. The minimum Gasteiger partial charge on any atom is -0.493 e. The van der Waals surface area contributed by atoms with Crippen LogP contribution in [0.3, 0.4) is 0 Å². The molecule has 2 aliphatic heterocycles. The van der Waals surface area contributed by atoms with Crippen molar-refractivity contribution in [2.75, 3.05) is 44.7 Å². The largest absolute Gasteiger partial charge is 0.493 e. The molecular weight excluding hydrogens is 414 g/mol. The Kier molecular flexibility index (Phi) is 5.20. The van der Waals surface area contributed by atoms with Gasteiger partial charge in [-0.05, 0) is 25.0 Å².